The maximum absolute atomic E-state index is 11.3. The number of amides is 4. The number of urea groups is 1. The number of rotatable bonds is 7. The summed E-state index contributed by atoms with van der Waals surface area (Å²) in [6.07, 6.45) is 3.24. The van der Waals surface area contributed by atoms with Gasteiger partial charge in [0.05, 0.1) is 6.04 Å². The summed E-state index contributed by atoms with van der Waals surface area (Å²) in [6, 6.07) is -0.993. The van der Waals surface area contributed by atoms with Crippen LogP contribution in [0.5, 0.6) is 0 Å². The lowest BCUT2D eigenvalue weighted by molar-refractivity contribution is -0.121. The van der Waals surface area contributed by atoms with Gasteiger partial charge in [0.2, 0.25) is 11.8 Å². The summed E-state index contributed by atoms with van der Waals surface area (Å²) in [5, 5.41) is 7.78. The number of nitrogens with two attached hydrogens (primary N) is 1. The summed E-state index contributed by atoms with van der Waals surface area (Å²) in [6.45, 7) is 2.16. The van der Waals surface area contributed by atoms with Crippen molar-refractivity contribution in [1.82, 2.24) is 16.0 Å². The zero-order valence-electron chi connectivity index (χ0n) is 10.5. The molecule has 0 bridgehead atoms. The molecule has 102 valence electrons. The average molecular weight is 256 g/mol. The van der Waals surface area contributed by atoms with Gasteiger partial charge in [-0.3, -0.25) is 14.9 Å². The van der Waals surface area contributed by atoms with E-state index in [2.05, 4.69) is 10.6 Å². The monoisotopic (exact) mass is 256 g/mol. The van der Waals surface area contributed by atoms with Crippen LogP contribution in [0, 0.1) is 0 Å². The van der Waals surface area contributed by atoms with Gasteiger partial charge in [0.15, 0.2) is 0 Å². The van der Waals surface area contributed by atoms with Crippen molar-refractivity contribution in [2.24, 2.45) is 5.73 Å². The van der Waals surface area contributed by atoms with E-state index in [1.54, 1.807) is 6.92 Å². The van der Waals surface area contributed by atoms with Gasteiger partial charge >= 0.3 is 6.03 Å². The molecule has 5 N–H and O–H groups in total. The molecular weight excluding hydrogens is 236 g/mol. The maximum Gasteiger partial charge on any atom is 0.318 e. The Hall–Kier alpha value is -1.63. The van der Waals surface area contributed by atoms with Crippen molar-refractivity contribution in [3.8, 4) is 0 Å². The summed E-state index contributed by atoms with van der Waals surface area (Å²) < 4.78 is 0. The molecule has 0 saturated heterocycles. The Kier molecular flexibility index (Phi) is 5.57. The second kappa shape index (κ2) is 6.95. The lowest BCUT2D eigenvalue weighted by Crippen LogP contribution is -2.46. The molecule has 1 saturated carbocycles. The Morgan fingerprint density at radius 1 is 1.33 bits per heavy atom. The van der Waals surface area contributed by atoms with Gasteiger partial charge in [0, 0.05) is 12.5 Å². The van der Waals surface area contributed by atoms with Gasteiger partial charge in [-0.15, -0.1) is 0 Å². The number of primary amides is 1. The third-order valence-electron chi connectivity index (χ3n) is 2.61. The molecule has 1 aliphatic carbocycles. The molecule has 18 heavy (non-hydrogen) atoms. The first-order valence-corrected chi connectivity index (χ1v) is 6.12. The predicted octanol–water partition coefficient (Wildman–Crippen LogP) is -0.782. The van der Waals surface area contributed by atoms with Crippen molar-refractivity contribution in [3.05, 3.63) is 0 Å². The Labute approximate surface area is 106 Å². The van der Waals surface area contributed by atoms with Crippen molar-refractivity contribution in [3.63, 3.8) is 0 Å². The van der Waals surface area contributed by atoms with Gasteiger partial charge < -0.3 is 16.4 Å². The second-order valence-corrected chi connectivity index (χ2v) is 4.47. The molecule has 4 amide bonds. The minimum Gasteiger partial charge on any atom is -0.353 e. The van der Waals surface area contributed by atoms with Crippen LogP contribution in [0.25, 0.3) is 0 Å². The highest BCUT2D eigenvalue weighted by atomic mass is 16.2. The highest BCUT2D eigenvalue weighted by molar-refractivity contribution is 5.96. The van der Waals surface area contributed by atoms with Gasteiger partial charge in [-0.2, -0.15) is 0 Å². The fourth-order valence-electron chi connectivity index (χ4n) is 1.42. The van der Waals surface area contributed by atoms with Crippen molar-refractivity contribution in [2.75, 3.05) is 6.54 Å². The molecule has 0 aromatic rings. The van der Waals surface area contributed by atoms with Crippen LogP contribution in [0.2, 0.25) is 0 Å². The molecule has 7 nitrogen and oxygen atoms in total. The number of carbonyl (C=O) groups is 3. The summed E-state index contributed by atoms with van der Waals surface area (Å²) in [5.74, 6) is -0.418. The van der Waals surface area contributed by atoms with Gasteiger partial charge in [-0.05, 0) is 32.7 Å². The van der Waals surface area contributed by atoms with Crippen LogP contribution < -0.4 is 21.7 Å². The van der Waals surface area contributed by atoms with Gasteiger partial charge in [0.1, 0.15) is 0 Å². The fraction of sp³-hybridized carbons (Fsp3) is 0.727. The van der Waals surface area contributed by atoms with Crippen LogP contribution in [-0.2, 0) is 9.59 Å². The molecule has 0 spiro atoms. The Bertz CT molecular complexity index is 328. The van der Waals surface area contributed by atoms with E-state index in [9.17, 15) is 14.4 Å². The highest BCUT2D eigenvalue weighted by Crippen LogP contribution is 2.18. The lowest BCUT2D eigenvalue weighted by Gasteiger charge is -2.12. The van der Waals surface area contributed by atoms with Crippen LogP contribution in [0.4, 0.5) is 4.79 Å². The lowest BCUT2D eigenvalue weighted by atomic mass is 10.2. The largest absolute Gasteiger partial charge is 0.353 e. The van der Waals surface area contributed by atoms with Crippen LogP contribution in [0.1, 0.15) is 32.6 Å². The quantitative estimate of drug-likeness (QED) is 0.447. The molecule has 0 aliphatic heterocycles. The van der Waals surface area contributed by atoms with E-state index >= 15 is 0 Å². The van der Waals surface area contributed by atoms with Crippen LogP contribution in [-0.4, -0.2) is 36.5 Å². The van der Waals surface area contributed by atoms with Crippen molar-refractivity contribution in [1.29, 1.82) is 0 Å². The molecule has 1 fully saturated rings. The van der Waals surface area contributed by atoms with E-state index in [-0.39, 0.29) is 5.91 Å². The molecule has 1 rings (SSSR count). The van der Waals surface area contributed by atoms with Crippen molar-refractivity contribution >= 4 is 17.8 Å². The molecule has 7 heteroatoms. The van der Waals surface area contributed by atoms with Crippen LogP contribution >= 0.6 is 0 Å². The first kappa shape index (κ1) is 14.4. The third-order valence-corrected chi connectivity index (χ3v) is 2.61. The van der Waals surface area contributed by atoms with Gasteiger partial charge in [0.25, 0.3) is 0 Å². The summed E-state index contributed by atoms with van der Waals surface area (Å²) in [5.41, 5.74) is 4.83. The van der Waals surface area contributed by atoms with E-state index < -0.39 is 18.0 Å². The van der Waals surface area contributed by atoms with Crippen LogP contribution in [0.3, 0.4) is 0 Å². The average Bonchev–Trinajstić information content (AvgIpc) is 3.06. The summed E-state index contributed by atoms with van der Waals surface area (Å²) in [4.78, 5) is 33.1. The van der Waals surface area contributed by atoms with Crippen molar-refractivity contribution in [2.45, 2.75) is 44.7 Å². The Morgan fingerprint density at radius 3 is 2.56 bits per heavy atom. The summed E-state index contributed by atoms with van der Waals surface area (Å²) in [7, 11) is 0. The van der Waals surface area contributed by atoms with E-state index in [4.69, 9.17) is 5.73 Å². The minimum atomic E-state index is -0.863. The van der Waals surface area contributed by atoms with Gasteiger partial charge in [-0.25, -0.2) is 4.79 Å². The molecule has 0 aromatic carbocycles. The number of carbonyl (C=O) groups excluding carboxylic acids is 3. The molecule has 0 radical (unpaired) electrons. The fourth-order valence-corrected chi connectivity index (χ4v) is 1.42. The normalized spacial score (nSPS) is 15.8. The van der Waals surface area contributed by atoms with Gasteiger partial charge in [-0.1, -0.05) is 0 Å². The number of hydrogen-bond acceptors (Lipinski definition) is 4. The topological polar surface area (TPSA) is 113 Å². The maximum atomic E-state index is 11.3. The first-order valence-electron chi connectivity index (χ1n) is 6.12. The molecule has 1 aliphatic rings. The first-order chi connectivity index (χ1) is 8.49. The molecule has 0 heterocycles. The number of hydrogen-bond donors (Lipinski definition) is 4. The molecule has 1 unspecified atom stereocenters. The van der Waals surface area contributed by atoms with E-state index in [0.29, 0.717) is 25.4 Å². The van der Waals surface area contributed by atoms with Crippen LogP contribution in [0.15, 0.2) is 0 Å². The smallest absolute Gasteiger partial charge is 0.318 e. The predicted molar refractivity (Wildman–Crippen MR) is 65.6 cm³/mol. The number of imide groups is 1. The summed E-state index contributed by atoms with van der Waals surface area (Å²) >= 11 is 0. The highest BCUT2D eigenvalue weighted by Gasteiger charge is 2.22. The van der Waals surface area contributed by atoms with E-state index in [1.165, 1.54) is 0 Å². The zero-order valence-corrected chi connectivity index (χ0v) is 10.5. The standard InChI is InChI=1S/C11H20N4O3/c1-7(10(17)15-11(12)18)13-6-2-3-9(16)14-8-4-5-8/h7-8,13H,2-6H2,1H3,(H,14,16)(H3,12,15,17,18). The van der Waals surface area contributed by atoms with E-state index in [1.807, 2.05) is 5.32 Å². The number of nitrogens with one attached hydrogen (secondary N) is 3. The Balaban J connectivity index is 2.03. The second-order valence-electron chi connectivity index (χ2n) is 4.47. The molecule has 0 aromatic heterocycles. The third kappa shape index (κ3) is 6.19. The Morgan fingerprint density at radius 2 is 2.00 bits per heavy atom. The molecular formula is C11H20N4O3. The van der Waals surface area contributed by atoms with Crippen molar-refractivity contribution < 1.29 is 14.4 Å². The van der Waals surface area contributed by atoms with E-state index in [0.717, 1.165) is 12.8 Å². The minimum absolute atomic E-state index is 0.0496. The SMILES string of the molecule is CC(NCCCC(=O)NC1CC1)C(=O)NC(N)=O. The molecule has 1 atom stereocenters. The zero-order chi connectivity index (χ0) is 13.5.